The van der Waals surface area contributed by atoms with Gasteiger partial charge in [0.1, 0.15) is 17.7 Å². The molecule has 11 heteroatoms. The van der Waals surface area contributed by atoms with Crippen LogP contribution in [0.3, 0.4) is 0 Å². The summed E-state index contributed by atoms with van der Waals surface area (Å²) >= 11 is 1.04. The number of esters is 1. The number of nitrogens with zero attached hydrogens (tertiary/aromatic N) is 4. The minimum absolute atomic E-state index is 0.0355. The minimum atomic E-state index is -0.599. The number of rotatable bonds is 9. The summed E-state index contributed by atoms with van der Waals surface area (Å²) in [6.45, 7) is 4.51. The highest BCUT2D eigenvalue weighted by molar-refractivity contribution is 8.00. The fourth-order valence-electron chi connectivity index (χ4n) is 2.16. The number of aryl methyl sites for hydroxylation is 1. The quantitative estimate of drug-likeness (QED) is 0.369. The molecule has 0 unspecified atom stereocenters. The summed E-state index contributed by atoms with van der Waals surface area (Å²) in [5, 5.41) is 16.0. The van der Waals surface area contributed by atoms with E-state index in [4.69, 9.17) is 14.0 Å². The molecule has 0 saturated carbocycles. The average Bonchev–Trinajstić information content (AvgIpc) is 3.11. The SMILES string of the molecule is CCOC(=O)c1cc(C)nc(SCC(=O)Nc2c[n+](CCOC)no2)c1C#N. The second kappa shape index (κ2) is 10.4. The molecule has 0 spiro atoms. The lowest BCUT2D eigenvalue weighted by atomic mass is 10.1. The van der Waals surface area contributed by atoms with Crippen molar-refractivity contribution >= 4 is 29.5 Å². The van der Waals surface area contributed by atoms with Gasteiger partial charge in [-0.05, 0) is 24.6 Å². The maximum atomic E-state index is 12.2. The summed E-state index contributed by atoms with van der Waals surface area (Å²) in [7, 11) is 1.57. The van der Waals surface area contributed by atoms with E-state index in [0.717, 1.165) is 11.8 Å². The van der Waals surface area contributed by atoms with Crippen LogP contribution in [-0.2, 0) is 20.8 Å². The van der Waals surface area contributed by atoms with Crippen molar-refractivity contribution in [2.45, 2.75) is 25.4 Å². The zero-order valence-corrected chi connectivity index (χ0v) is 16.5. The Hall–Kier alpha value is -2.97. The molecule has 2 heterocycles. The largest absolute Gasteiger partial charge is 0.462 e. The van der Waals surface area contributed by atoms with Gasteiger partial charge < -0.3 is 9.47 Å². The molecule has 0 saturated heterocycles. The topological polar surface area (TPSA) is 131 Å². The van der Waals surface area contributed by atoms with Crippen LogP contribution < -0.4 is 10.00 Å². The number of nitrogens with one attached hydrogen (secondary N) is 1. The van der Waals surface area contributed by atoms with Crippen LogP contribution in [-0.4, -0.2) is 48.2 Å². The van der Waals surface area contributed by atoms with Crippen LogP contribution in [0.2, 0.25) is 0 Å². The summed E-state index contributed by atoms with van der Waals surface area (Å²) in [5.74, 6) is -0.818. The number of hydrogen-bond donors (Lipinski definition) is 1. The van der Waals surface area contributed by atoms with Crippen molar-refractivity contribution in [1.82, 2.24) is 10.3 Å². The zero-order chi connectivity index (χ0) is 20.5. The number of methoxy groups -OCH3 is 1. The summed E-state index contributed by atoms with van der Waals surface area (Å²) in [6.07, 6.45) is 1.53. The van der Waals surface area contributed by atoms with E-state index in [-0.39, 0.29) is 40.3 Å². The third-order valence-electron chi connectivity index (χ3n) is 3.36. The Morgan fingerprint density at radius 1 is 1.46 bits per heavy atom. The first-order valence-electron chi connectivity index (χ1n) is 8.35. The Bertz CT molecular complexity index is 893. The highest BCUT2D eigenvalue weighted by Crippen LogP contribution is 2.25. The molecular weight excluding hydrogens is 386 g/mol. The molecule has 1 amide bonds. The third kappa shape index (κ3) is 5.77. The fraction of sp³-hybridized carbons (Fsp3) is 0.412. The summed E-state index contributed by atoms with van der Waals surface area (Å²) in [5.41, 5.74) is 0.757. The molecule has 2 rings (SSSR count). The highest BCUT2D eigenvalue weighted by Gasteiger charge is 2.20. The smallest absolute Gasteiger partial charge is 0.339 e. The van der Waals surface area contributed by atoms with Crippen molar-refractivity contribution in [2.24, 2.45) is 0 Å². The molecule has 0 aliphatic rings. The molecule has 0 aromatic carbocycles. The minimum Gasteiger partial charge on any atom is -0.462 e. The molecule has 2 aromatic heterocycles. The van der Waals surface area contributed by atoms with E-state index in [9.17, 15) is 14.9 Å². The van der Waals surface area contributed by atoms with Gasteiger partial charge >= 0.3 is 11.9 Å². The average molecular weight is 406 g/mol. The van der Waals surface area contributed by atoms with Crippen molar-refractivity contribution < 1.29 is 28.3 Å². The predicted octanol–water partition coefficient (Wildman–Crippen LogP) is 1.09. The van der Waals surface area contributed by atoms with Crippen molar-refractivity contribution in [3.63, 3.8) is 0 Å². The predicted molar refractivity (Wildman–Crippen MR) is 97.6 cm³/mol. The fourth-order valence-corrected chi connectivity index (χ4v) is 3.01. The van der Waals surface area contributed by atoms with E-state index in [1.165, 1.54) is 16.9 Å². The number of nitriles is 1. The van der Waals surface area contributed by atoms with Gasteiger partial charge in [-0.15, -0.1) is 0 Å². The molecule has 10 nitrogen and oxygen atoms in total. The van der Waals surface area contributed by atoms with Crippen molar-refractivity contribution in [3.05, 3.63) is 29.1 Å². The van der Waals surface area contributed by atoms with E-state index in [1.807, 2.05) is 6.07 Å². The monoisotopic (exact) mass is 406 g/mol. The first-order chi connectivity index (χ1) is 13.5. The van der Waals surface area contributed by atoms with Gasteiger partial charge in [0.2, 0.25) is 17.7 Å². The van der Waals surface area contributed by atoms with Crippen LogP contribution in [0.1, 0.15) is 28.5 Å². The number of carbonyl (C=O) groups excluding carboxylic acids is 2. The van der Waals surface area contributed by atoms with Crippen LogP contribution >= 0.6 is 11.8 Å². The first kappa shape index (κ1) is 21.3. The van der Waals surface area contributed by atoms with Gasteiger partial charge in [-0.25, -0.2) is 9.78 Å². The van der Waals surface area contributed by atoms with Crippen LogP contribution in [0.25, 0.3) is 0 Å². The summed E-state index contributed by atoms with van der Waals surface area (Å²) in [4.78, 5) is 28.5. The molecule has 0 aliphatic heterocycles. The number of anilines is 1. The van der Waals surface area contributed by atoms with Crippen LogP contribution in [0.4, 0.5) is 5.88 Å². The standard InChI is InChI=1S/C17H19N5O5S/c1-4-26-17(24)12-7-11(2)19-16(13(12)8-18)28-10-14(23)20-15-9-22(21-27-15)5-6-25-3/h7,9H,4-6,10H2,1-3H3/p+1. The van der Waals surface area contributed by atoms with Crippen molar-refractivity contribution in [3.8, 4) is 6.07 Å². The summed E-state index contributed by atoms with van der Waals surface area (Å²) < 4.78 is 16.4. The Morgan fingerprint density at radius 2 is 2.25 bits per heavy atom. The Kier molecular flexibility index (Phi) is 7.91. The molecule has 0 fully saturated rings. The van der Waals surface area contributed by atoms with E-state index in [1.54, 1.807) is 21.0 Å². The molecule has 1 N–H and O–H groups in total. The van der Waals surface area contributed by atoms with Crippen molar-refractivity contribution in [2.75, 3.05) is 31.4 Å². The van der Waals surface area contributed by atoms with E-state index in [2.05, 4.69) is 15.6 Å². The number of carbonyl (C=O) groups is 2. The molecule has 2 aromatic rings. The second-order valence-electron chi connectivity index (χ2n) is 5.48. The first-order valence-corrected chi connectivity index (χ1v) is 9.33. The molecule has 28 heavy (non-hydrogen) atoms. The Labute approximate surface area is 165 Å². The van der Waals surface area contributed by atoms with Gasteiger partial charge in [0, 0.05) is 12.8 Å². The number of pyridine rings is 1. The molecule has 0 atom stereocenters. The zero-order valence-electron chi connectivity index (χ0n) is 15.7. The van der Waals surface area contributed by atoms with Gasteiger partial charge in [-0.3, -0.25) is 14.6 Å². The maximum Gasteiger partial charge on any atom is 0.339 e. The summed E-state index contributed by atoms with van der Waals surface area (Å²) in [6, 6.07) is 3.46. The maximum absolute atomic E-state index is 12.2. The van der Waals surface area contributed by atoms with Gasteiger partial charge in [0.25, 0.3) is 6.20 Å². The lowest BCUT2D eigenvalue weighted by Gasteiger charge is -2.09. The van der Waals surface area contributed by atoms with E-state index in [0.29, 0.717) is 18.8 Å². The molecular formula is C17H20N5O5S+. The molecule has 0 radical (unpaired) electrons. The normalized spacial score (nSPS) is 10.4. The second-order valence-corrected chi connectivity index (χ2v) is 6.45. The number of aromatic nitrogens is 3. The van der Waals surface area contributed by atoms with Crippen LogP contribution in [0.15, 0.2) is 21.8 Å². The lowest BCUT2D eigenvalue weighted by Crippen LogP contribution is -2.36. The van der Waals surface area contributed by atoms with Gasteiger partial charge in [0.05, 0.1) is 23.5 Å². The third-order valence-corrected chi connectivity index (χ3v) is 4.33. The molecule has 148 valence electrons. The number of amides is 1. The van der Waals surface area contributed by atoms with Crippen molar-refractivity contribution in [1.29, 1.82) is 5.26 Å². The Morgan fingerprint density at radius 3 is 2.93 bits per heavy atom. The van der Waals surface area contributed by atoms with Gasteiger partial charge in [-0.1, -0.05) is 11.8 Å². The van der Waals surface area contributed by atoms with Crippen LogP contribution in [0.5, 0.6) is 0 Å². The number of thioether (sulfide) groups is 1. The number of ether oxygens (including phenoxy) is 2. The van der Waals surface area contributed by atoms with E-state index < -0.39 is 5.97 Å². The van der Waals surface area contributed by atoms with Crippen LogP contribution in [0, 0.1) is 18.3 Å². The van der Waals surface area contributed by atoms with E-state index >= 15 is 0 Å². The molecule has 0 bridgehead atoms. The number of hydrogen-bond acceptors (Lipinski definition) is 9. The van der Waals surface area contributed by atoms with Gasteiger partial charge in [-0.2, -0.15) is 5.26 Å². The van der Waals surface area contributed by atoms with Gasteiger partial charge in [0.15, 0.2) is 0 Å². The Balaban J connectivity index is 2.05. The lowest BCUT2D eigenvalue weighted by molar-refractivity contribution is -0.763. The highest BCUT2D eigenvalue weighted by atomic mass is 32.2. The molecule has 0 aliphatic carbocycles.